The summed E-state index contributed by atoms with van der Waals surface area (Å²) in [5.41, 5.74) is 1.60. The summed E-state index contributed by atoms with van der Waals surface area (Å²) in [7, 11) is 0. The van der Waals surface area contributed by atoms with Crippen LogP contribution in [0.3, 0.4) is 0 Å². The standard InChI is InChI=1S/C12H19S.2ClH.Ti/c1-2-3-10-13-11-6-9-12-7-4-5-8-12;;;/h4,7H,2-3,5-6,9-11H2,1H3;2*1H;/q;;;+2/p-2. The van der Waals surface area contributed by atoms with Crippen LogP contribution < -0.4 is 24.8 Å². The van der Waals surface area contributed by atoms with Gasteiger partial charge < -0.3 is 24.8 Å². The Morgan fingerprint density at radius 2 is 1.94 bits per heavy atom. The molecule has 0 amide bonds. The molecule has 1 aliphatic rings. The SMILES string of the molecule is CCCCSCCCC1=[C]([Ti+2])CC=C1.[Cl-].[Cl-]. The molecule has 0 radical (unpaired) electrons. The molecule has 16 heavy (non-hydrogen) atoms. The van der Waals surface area contributed by atoms with Gasteiger partial charge in [-0.3, -0.25) is 0 Å². The summed E-state index contributed by atoms with van der Waals surface area (Å²) in [6, 6.07) is 0. The van der Waals surface area contributed by atoms with Crippen LogP contribution in [0, 0.1) is 0 Å². The van der Waals surface area contributed by atoms with Crippen LogP contribution in [0.15, 0.2) is 21.6 Å². The van der Waals surface area contributed by atoms with Crippen molar-refractivity contribution in [2.45, 2.75) is 39.0 Å². The zero-order chi connectivity index (χ0) is 10.2. The average molecular weight is 314 g/mol. The van der Waals surface area contributed by atoms with Gasteiger partial charge in [0.2, 0.25) is 0 Å². The van der Waals surface area contributed by atoms with Crippen molar-refractivity contribution < 1.29 is 45.2 Å². The van der Waals surface area contributed by atoms with Crippen molar-refractivity contribution in [2.24, 2.45) is 0 Å². The summed E-state index contributed by atoms with van der Waals surface area (Å²) in [6.07, 6.45) is 11.2. The third-order valence-electron chi connectivity index (χ3n) is 2.41. The zero-order valence-corrected chi connectivity index (χ0v) is 13.7. The van der Waals surface area contributed by atoms with Gasteiger partial charge in [-0.05, 0) is 0 Å². The predicted octanol–water partition coefficient (Wildman–Crippen LogP) is -1.93. The Hall–Kier alpha value is 1.12. The Labute approximate surface area is 128 Å². The van der Waals surface area contributed by atoms with E-state index in [-0.39, 0.29) is 24.8 Å². The van der Waals surface area contributed by atoms with Crippen molar-refractivity contribution in [2.75, 3.05) is 11.5 Å². The summed E-state index contributed by atoms with van der Waals surface area (Å²) in [5, 5.41) is 0. The van der Waals surface area contributed by atoms with E-state index in [4.69, 9.17) is 0 Å². The summed E-state index contributed by atoms with van der Waals surface area (Å²) < 4.78 is 1.59. The van der Waals surface area contributed by atoms with Crippen LogP contribution >= 0.6 is 11.8 Å². The van der Waals surface area contributed by atoms with E-state index in [1.165, 1.54) is 43.6 Å². The van der Waals surface area contributed by atoms with Crippen LogP contribution in [-0.2, 0) is 20.4 Å². The molecule has 0 atom stereocenters. The maximum atomic E-state index is 2.31. The van der Waals surface area contributed by atoms with E-state index in [1.54, 1.807) is 9.45 Å². The largest absolute Gasteiger partial charge is 1.00 e. The quantitative estimate of drug-likeness (QED) is 0.390. The number of allylic oxidation sites excluding steroid dienone is 4. The van der Waals surface area contributed by atoms with Gasteiger partial charge in [0, 0.05) is 0 Å². The number of hydrogen-bond acceptors (Lipinski definition) is 1. The molecular weight excluding hydrogens is 295 g/mol. The fourth-order valence-electron chi connectivity index (χ4n) is 1.50. The van der Waals surface area contributed by atoms with Gasteiger partial charge >= 0.3 is 104 Å². The van der Waals surface area contributed by atoms with E-state index < -0.39 is 0 Å². The number of unbranched alkanes of at least 4 members (excludes halogenated alkanes) is 1. The summed E-state index contributed by atoms with van der Waals surface area (Å²) in [6.45, 7) is 2.26. The molecule has 0 heterocycles. The molecule has 0 saturated carbocycles. The van der Waals surface area contributed by atoms with E-state index >= 15 is 0 Å². The molecule has 0 nitrogen and oxygen atoms in total. The molecule has 0 N–H and O–H groups in total. The predicted molar refractivity (Wildman–Crippen MR) is 62.3 cm³/mol. The molecule has 91 valence electrons. The van der Waals surface area contributed by atoms with Crippen molar-refractivity contribution in [1.29, 1.82) is 0 Å². The average Bonchev–Trinajstić information content (AvgIpc) is 2.58. The zero-order valence-electron chi connectivity index (χ0n) is 9.77. The molecule has 0 aliphatic heterocycles. The van der Waals surface area contributed by atoms with Crippen molar-refractivity contribution in [3.63, 3.8) is 0 Å². The molecule has 0 bridgehead atoms. The third kappa shape index (κ3) is 8.25. The molecule has 1 rings (SSSR count). The number of hydrogen-bond donors (Lipinski definition) is 0. The van der Waals surface area contributed by atoms with Crippen LogP contribution in [0.1, 0.15) is 39.0 Å². The molecular formula is C12H19Cl2STi. The molecule has 0 aromatic carbocycles. The first-order valence-electron chi connectivity index (χ1n) is 5.52. The fourth-order valence-corrected chi connectivity index (χ4v) is 3.05. The van der Waals surface area contributed by atoms with Gasteiger partial charge in [0.05, 0.1) is 0 Å². The molecule has 0 aromatic heterocycles. The maximum absolute atomic E-state index is 2.31. The van der Waals surface area contributed by atoms with Crippen LogP contribution in [0.2, 0.25) is 0 Å². The van der Waals surface area contributed by atoms with Crippen LogP contribution in [0.4, 0.5) is 0 Å². The molecule has 0 saturated heterocycles. The number of halogens is 2. The monoisotopic (exact) mass is 313 g/mol. The molecule has 0 unspecified atom stereocenters. The normalized spacial score (nSPS) is 13.7. The van der Waals surface area contributed by atoms with Gasteiger partial charge in [0.1, 0.15) is 0 Å². The second kappa shape index (κ2) is 12.6. The summed E-state index contributed by atoms with van der Waals surface area (Å²) in [5.74, 6) is 2.69. The second-order valence-electron chi connectivity index (χ2n) is 3.68. The van der Waals surface area contributed by atoms with E-state index in [1.807, 2.05) is 0 Å². The molecule has 0 aromatic rings. The minimum absolute atomic E-state index is 0. The molecule has 0 fully saturated rings. The molecule has 4 heteroatoms. The van der Waals surface area contributed by atoms with Gasteiger partial charge in [0.15, 0.2) is 0 Å². The number of rotatable bonds is 7. The topological polar surface area (TPSA) is 0 Å². The van der Waals surface area contributed by atoms with E-state index in [0.717, 1.165) is 0 Å². The van der Waals surface area contributed by atoms with Gasteiger partial charge in [-0.2, -0.15) is 0 Å². The van der Waals surface area contributed by atoms with Crippen molar-refractivity contribution in [1.82, 2.24) is 0 Å². The van der Waals surface area contributed by atoms with E-state index in [9.17, 15) is 0 Å². The van der Waals surface area contributed by atoms with Gasteiger partial charge in [-0.15, -0.1) is 0 Å². The Morgan fingerprint density at radius 1 is 1.25 bits per heavy atom. The first-order chi connectivity index (χ1) is 6.84. The van der Waals surface area contributed by atoms with Crippen LogP contribution in [0.5, 0.6) is 0 Å². The third-order valence-corrected chi connectivity index (χ3v) is 4.38. The Morgan fingerprint density at radius 3 is 2.50 bits per heavy atom. The van der Waals surface area contributed by atoms with Crippen LogP contribution in [-0.4, -0.2) is 11.5 Å². The first kappa shape index (κ1) is 19.5. The van der Waals surface area contributed by atoms with Gasteiger partial charge in [0.25, 0.3) is 0 Å². The Kier molecular flexibility index (Phi) is 15.3. The maximum Gasteiger partial charge on any atom is -1.00 e. The van der Waals surface area contributed by atoms with Crippen molar-refractivity contribution in [3.8, 4) is 0 Å². The number of thioether (sulfide) groups is 1. The Balaban J connectivity index is 0. The van der Waals surface area contributed by atoms with Crippen LogP contribution in [0.25, 0.3) is 0 Å². The summed E-state index contributed by atoms with van der Waals surface area (Å²) >= 11 is 4.38. The summed E-state index contributed by atoms with van der Waals surface area (Å²) in [4.78, 5) is 0. The molecule has 0 spiro atoms. The Bertz CT molecular complexity index is 227. The van der Waals surface area contributed by atoms with Crippen molar-refractivity contribution in [3.05, 3.63) is 21.6 Å². The smallest absolute Gasteiger partial charge is 1.00 e. The first-order valence-corrected chi connectivity index (χ1v) is 7.46. The minimum Gasteiger partial charge on any atom is -1.00 e. The minimum atomic E-state index is 0. The molecule has 1 aliphatic carbocycles. The van der Waals surface area contributed by atoms with E-state index in [0.29, 0.717) is 0 Å². The van der Waals surface area contributed by atoms with Gasteiger partial charge in [-0.1, -0.05) is 0 Å². The second-order valence-corrected chi connectivity index (χ2v) is 5.85. The van der Waals surface area contributed by atoms with Crippen molar-refractivity contribution >= 4 is 11.8 Å². The van der Waals surface area contributed by atoms with Gasteiger partial charge in [-0.25, -0.2) is 0 Å². The van der Waals surface area contributed by atoms with E-state index in [2.05, 4.69) is 51.3 Å². The fraction of sp³-hybridized carbons (Fsp3) is 0.667.